The molecule has 0 radical (unpaired) electrons. The fraction of sp³-hybridized carbons (Fsp3) is 0.125. The smallest absolute Gasteiger partial charge is 0.338 e. The van der Waals surface area contributed by atoms with Gasteiger partial charge < -0.3 is 10.1 Å². The van der Waals surface area contributed by atoms with Gasteiger partial charge in [0.05, 0.1) is 16.2 Å². The summed E-state index contributed by atoms with van der Waals surface area (Å²) in [5.41, 5.74) is 0.140. The second kappa shape index (κ2) is 8.50. The number of esters is 1. The van der Waals surface area contributed by atoms with E-state index in [1.165, 1.54) is 23.9 Å². The van der Waals surface area contributed by atoms with E-state index in [1.807, 2.05) is 18.4 Å². The summed E-state index contributed by atoms with van der Waals surface area (Å²) in [6.45, 7) is -0.516. The van der Waals surface area contributed by atoms with Crippen LogP contribution >= 0.6 is 23.4 Å². The molecule has 0 heterocycles. The van der Waals surface area contributed by atoms with Gasteiger partial charge in [-0.15, -0.1) is 11.8 Å². The Balaban J connectivity index is 1.99. The van der Waals surface area contributed by atoms with Crippen LogP contribution in [0.2, 0.25) is 5.02 Å². The first kappa shape index (κ1) is 18.8. The molecule has 1 amide bonds. The van der Waals surface area contributed by atoms with E-state index in [0.717, 1.165) is 11.0 Å². The molecule has 0 aromatic heterocycles. The van der Waals surface area contributed by atoms with E-state index in [-0.39, 0.29) is 10.6 Å². The van der Waals surface area contributed by atoms with Crippen molar-refractivity contribution in [2.24, 2.45) is 0 Å². The predicted molar refractivity (Wildman–Crippen MR) is 95.2 cm³/mol. The van der Waals surface area contributed by atoms with Crippen molar-refractivity contribution in [3.63, 3.8) is 0 Å². The molecule has 0 saturated carbocycles. The second-order valence-corrected chi connectivity index (χ2v) is 6.00. The topological polar surface area (TPSA) is 98.5 Å². The lowest BCUT2D eigenvalue weighted by molar-refractivity contribution is -0.384. The summed E-state index contributed by atoms with van der Waals surface area (Å²) in [6, 6.07) is 10.7. The lowest BCUT2D eigenvalue weighted by Crippen LogP contribution is -2.21. The van der Waals surface area contributed by atoms with Crippen LogP contribution in [0.25, 0.3) is 0 Å². The summed E-state index contributed by atoms with van der Waals surface area (Å²) in [4.78, 5) is 34.9. The molecule has 0 aliphatic rings. The van der Waals surface area contributed by atoms with Crippen LogP contribution in [-0.4, -0.2) is 29.7 Å². The Kier molecular flexibility index (Phi) is 6.37. The molecule has 0 saturated heterocycles. The van der Waals surface area contributed by atoms with Gasteiger partial charge in [-0.3, -0.25) is 14.9 Å². The highest BCUT2D eigenvalue weighted by atomic mass is 35.5. The van der Waals surface area contributed by atoms with E-state index in [9.17, 15) is 19.7 Å². The van der Waals surface area contributed by atoms with Crippen LogP contribution in [0.4, 0.5) is 11.4 Å². The third kappa shape index (κ3) is 4.94. The van der Waals surface area contributed by atoms with Crippen molar-refractivity contribution in [1.82, 2.24) is 0 Å². The number of para-hydroxylation sites is 1. The number of hydrogen-bond donors (Lipinski definition) is 1. The highest BCUT2D eigenvalue weighted by Crippen LogP contribution is 2.26. The minimum atomic E-state index is -0.854. The molecule has 0 spiro atoms. The summed E-state index contributed by atoms with van der Waals surface area (Å²) < 4.78 is 4.89. The Morgan fingerprint density at radius 2 is 2.00 bits per heavy atom. The summed E-state index contributed by atoms with van der Waals surface area (Å²) in [7, 11) is 0. The van der Waals surface area contributed by atoms with Crippen molar-refractivity contribution in [3.05, 3.63) is 63.2 Å². The summed E-state index contributed by atoms with van der Waals surface area (Å²) in [6.07, 6.45) is 1.87. The number of rotatable bonds is 6. The van der Waals surface area contributed by atoms with Crippen molar-refractivity contribution < 1.29 is 19.2 Å². The monoisotopic (exact) mass is 380 g/mol. The Morgan fingerprint density at radius 1 is 1.28 bits per heavy atom. The molecule has 2 rings (SSSR count). The largest absolute Gasteiger partial charge is 0.452 e. The summed E-state index contributed by atoms with van der Waals surface area (Å²) in [5.74, 6) is -1.37. The van der Waals surface area contributed by atoms with Gasteiger partial charge in [-0.1, -0.05) is 23.7 Å². The highest BCUT2D eigenvalue weighted by Gasteiger charge is 2.18. The Hall–Kier alpha value is -2.58. The van der Waals surface area contributed by atoms with Crippen LogP contribution in [0.15, 0.2) is 47.4 Å². The molecule has 0 aliphatic heterocycles. The van der Waals surface area contributed by atoms with Gasteiger partial charge in [0.15, 0.2) is 6.61 Å². The van der Waals surface area contributed by atoms with Crippen LogP contribution in [-0.2, 0) is 9.53 Å². The number of nitro benzene ring substituents is 1. The van der Waals surface area contributed by atoms with E-state index < -0.39 is 29.1 Å². The fourth-order valence-electron chi connectivity index (χ4n) is 1.93. The van der Waals surface area contributed by atoms with Gasteiger partial charge in [0.2, 0.25) is 0 Å². The second-order valence-electron chi connectivity index (χ2n) is 4.75. The number of amides is 1. The zero-order chi connectivity index (χ0) is 18.4. The van der Waals surface area contributed by atoms with Gasteiger partial charge in [-0.2, -0.15) is 0 Å². The number of nitro groups is 1. The van der Waals surface area contributed by atoms with Gasteiger partial charge in [0.1, 0.15) is 5.02 Å². The average molecular weight is 381 g/mol. The lowest BCUT2D eigenvalue weighted by Gasteiger charge is -2.09. The number of ether oxygens (including phenoxy) is 1. The van der Waals surface area contributed by atoms with Crippen LogP contribution in [0, 0.1) is 10.1 Å². The molecule has 0 bridgehead atoms. The van der Waals surface area contributed by atoms with Crippen LogP contribution in [0.5, 0.6) is 0 Å². The van der Waals surface area contributed by atoms with E-state index in [4.69, 9.17) is 16.3 Å². The molecular formula is C16H13ClN2O5S. The third-order valence-electron chi connectivity index (χ3n) is 3.09. The van der Waals surface area contributed by atoms with Crippen molar-refractivity contribution in [2.45, 2.75) is 4.90 Å². The maximum Gasteiger partial charge on any atom is 0.338 e. The number of halogens is 1. The molecule has 2 aromatic rings. The van der Waals surface area contributed by atoms with E-state index >= 15 is 0 Å². The molecule has 0 atom stereocenters. The number of hydrogen-bond acceptors (Lipinski definition) is 6. The standard InChI is InChI=1S/C16H13ClN2O5S/c1-25-14-5-3-2-4-12(14)18-15(20)9-24-16(21)10-6-7-11(17)13(8-10)19(22)23/h2-8H,9H2,1H3,(H,18,20). The number of benzene rings is 2. The van der Waals surface area contributed by atoms with Crippen LogP contribution in [0.3, 0.4) is 0 Å². The quantitative estimate of drug-likeness (QED) is 0.354. The molecule has 2 aromatic carbocycles. The minimum absolute atomic E-state index is 0.0617. The highest BCUT2D eigenvalue weighted by molar-refractivity contribution is 7.98. The van der Waals surface area contributed by atoms with Crippen LogP contribution in [0.1, 0.15) is 10.4 Å². The SMILES string of the molecule is CSc1ccccc1NC(=O)COC(=O)c1ccc(Cl)c([N+](=O)[O-])c1. The molecule has 1 N–H and O–H groups in total. The first-order chi connectivity index (χ1) is 11.9. The number of thioether (sulfide) groups is 1. The van der Waals surface area contributed by atoms with Gasteiger partial charge >= 0.3 is 5.97 Å². The first-order valence-corrected chi connectivity index (χ1v) is 8.56. The maximum atomic E-state index is 11.9. The molecular weight excluding hydrogens is 368 g/mol. The van der Waals surface area contributed by atoms with Crippen molar-refractivity contribution in [1.29, 1.82) is 0 Å². The molecule has 0 fully saturated rings. The van der Waals surface area contributed by atoms with Crippen molar-refractivity contribution in [2.75, 3.05) is 18.2 Å². The van der Waals surface area contributed by atoms with Crippen molar-refractivity contribution in [3.8, 4) is 0 Å². The molecule has 7 nitrogen and oxygen atoms in total. The zero-order valence-electron chi connectivity index (χ0n) is 13.0. The zero-order valence-corrected chi connectivity index (χ0v) is 14.6. The fourth-order valence-corrected chi connectivity index (χ4v) is 2.67. The number of anilines is 1. The third-order valence-corrected chi connectivity index (χ3v) is 4.21. The van der Waals surface area contributed by atoms with E-state index in [2.05, 4.69) is 5.32 Å². The minimum Gasteiger partial charge on any atom is -0.452 e. The Morgan fingerprint density at radius 3 is 2.68 bits per heavy atom. The number of nitrogens with zero attached hydrogens (tertiary/aromatic N) is 1. The average Bonchev–Trinajstić information content (AvgIpc) is 2.60. The molecule has 9 heteroatoms. The maximum absolute atomic E-state index is 11.9. The van der Waals surface area contributed by atoms with Crippen molar-refractivity contribution >= 4 is 46.6 Å². The Labute approximate surface area is 152 Å². The number of carbonyl (C=O) groups is 2. The summed E-state index contributed by atoms with van der Waals surface area (Å²) >= 11 is 7.15. The van der Waals surface area contributed by atoms with E-state index in [0.29, 0.717) is 5.69 Å². The lowest BCUT2D eigenvalue weighted by atomic mass is 10.2. The molecule has 25 heavy (non-hydrogen) atoms. The Bertz CT molecular complexity index is 828. The van der Waals surface area contributed by atoms with Gasteiger partial charge in [-0.05, 0) is 30.5 Å². The predicted octanol–water partition coefficient (Wildman–Crippen LogP) is 3.77. The van der Waals surface area contributed by atoms with Crippen LogP contribution < -0.4 is 5.32 Å². The van der Waals surface area contributed by atoms with E-state index in [1.54, 1.807) is 12.1 Å². The summed E-state index contributed by atoms with van der Waals surface area (Å²) in [5, 5.41) is 13.4. The number of nitrogens with one attached hydrogen (secondary N) is 1. The normalized spacial score (nSPS) is 10.2. The number of carbonyl (C=O) groups excluding carboxylic acids is 2. The molecule has 130 valence electrons. The van der Waals surface area contributed by atoms with Gasteiger partial charge in [0, 0.05) is 11.0 Å². The first-order valence-electron chi connectivity index (χ1n) is 6.96. The molecule has 0 aliphatic carbocycles. The van der Waals surface area contributed by atoms with Gasteiger partial charge in [-0.25, -0.2) is 4.79 Å². The van der Waals surface area contributed by atoms with Gasteiger partial charge in [0.25, 0.3) is 11.6 Å². The molecule has 0 unspecified atom stereocenters.